The Kier molecular flexibility index (Phi) is 3.97. The maximum Gasteiger partial charge on any atom is 0.243 e. The van der Waals surface area contributed by atoms with Gasteiger partial charge in [0, 0.05) is 12.7 Å². The van der Waals surface area contributed by atoms with Crippen LogP contribution in [0.1, 0.15) is 12.0 Å². The number of nitrogens with one attached hydrogen (secondary N) is 1. The van der Waals surface area contributed by atoms with E-state index in [0.717, 1.165) is 29.5 Å². The van der Waals surface area contributed by atoms with Gasteiger partial charge >= 0.3 is 0 Å². The van der Waals surface area contributed by atoms with Gasteiger partial charge in [-0.3, -0.25) is 0 Å². The summed E-state index contributed by atoms with van der Waals surface area (Å²) in [5, 5.41) is 7.65. The van der Waals surface area contributed by atoms with Crippen molar-refractivity contribution >= 4 is 27.5 Å². The molecule has 0 fully saturated rings. The van der Waals surface area contributed by atoms with E-state index in [2.05, 4.69) is 55.6 Å². The van der Waals surface area contributed by atoms with Gasteiger partial charge in [0.25, 0.3) is 0 Å². The van der Waals surface area contributed by atoms with Gasteiger partial charge in [0.05, 0.1) is 4.47 Å². The van der Waals surface area contributed by atoms with E-state index in [9.17, 15) is 0 Å². The Morgan fingerprint density at radius 1 is 1.10 bits per heavy atom. The van der Waals surface area contributed by atoms with Crippen molar-refractivity contribution in [3.63, 3.8) is 0 Å². The van der Waals surface area contributed by atoms with Crippen molar-refractivity contribution in [1.82, 2.24) is 14.6 Å². The highest BCUT2D eigenvalue weighted by Crippen LogP contribution is 2.16. The average molecular weight is 331 g/mol. The molecular formula is C15H15BrN4. The lowest BCUT2D eigenvalue weighted by Gasteiger charge is -2.02. The van der Waals surface area contributed by atoms with E-state index in [-0.39, 0.29) is 0 Å². The number of nitrogens with zero attached hydrogens (tertiary/aromatic N) is 3. The Bertz CT molecular complexity index is 693. The van der Waals surface area contributed by atoms with E-state index in [0.29, 0.717) is 5.95 Å². The second-order valence-electron chi connectivity index (χ2n) is 4.58. The molecule has 0 aliphatic carbocycles. The SMILES string of the molecule is Brc1cccn2nc(NCCCc3ccccc3)nc12. The van der Waals surface area contributed by atoms with E-state index in [1.807, 2.05) is 24.4 Å². The average Bonchev–Trinajstić information content (AvgIpc) is 2.89. The quantitative estimate of drug-likeness (QED) is 0.727. The van der Waals surface area contributed by atoms with Gasteiger partial charge in [-0.25, -0.2) is 4.52 Å². The van der Waals surface area contributed by atoms with E-state index in [4.69, 9.17) is 0 Å². The van der Waals surface area contributed by atoms with Crippen LogP contribution < -0.4 is 5.32 Å². The van der Waals surface area contributed by atoms with Gasteiger partial charge < -0.3 is 5.32 Å². The molecule has 1 aromatic carbocycles. The minimum absolute atomic E-state index is 0.671. The van der Waals surface area contributed by atoms with E-state index >= 15 is 0 Å². The van der Waals surface area contributed by atoms with Gasteiger partial charge in [-0.1, -0.05) is 30.3 Å². The number of hydrogen-bond acceptors (Lipinski definition) is 3. The zero-order valence-corrected chi connectivity index (χ0v) is 12.5. The number of halogens is 1. The molecule has 20 heavy (non-hydrogen) atoms. The van der Waals surface area contributed by atoms with Gasteiger partial charge in [-0.05, 0) is 46.5 Å². The largest absolute Gasteiger partial charge is 0.353 e. The lowest BCUT2D eigenvalue weighted by molar-refractivity contribution is 0.849. The van der Waals surface area contributed by atoms with Crippen LogP contribution in [0.3, 0.4) is 0 Å². The second-order valence-corrected chi connectivity index (χ2v) is 5.43. The third kappa shape index (κ3) is 2.99. The number of fused-ring (bicyclic) bond motifs is 1. The molecule has 3 aromatic rings. The predicted octanol–water partition coefficient (Wildman–Crippen LogP) is 3.54. The molecule has 2 heterocycles. The van der Waals surface area contributed by atoms with Crippen molar-refractivity contribution in [2.45, 2.75) is 12.8 Å². The molecule has 0 amide bonds. The molecule has 0 atom stereocenters. The number of hydrogen-bond donors (Lipinski definition) is 1. The fourth-order valence-electron chi connectivity index (χ4n) is 2.09. The molecule has 0 radical (unpaired) electrons. The first kappa shape index (κ1) is 13.1. The summed E-state index contributed by atoms with van der Waals surface area (Å²) in [6.07, 6.45) is 4.01. The molecule has 0 bridgehead atoms. The number of rotatable bonds is 5. The van der Waals surface area contributed by atoms with Crippen LogP contribution in [0.5, 0.6) is 0 Å². The molecule has 0 aliphatic heterocycles. The van der Waals surface area contributed by atoms with E-state index < -0.39 is 0 Å². The Morgan fingerprint density at radius 3 is 2.75 bits per heavy atom. The molecular weight excluding hydrogens is 316 g/mol. The Labute approximate surface area is 126 Å². The predicted molar refractivity (Wildman–Crippen MR) is 83.9 cm³/mol. The molecule has 102 valence electrons. The van der Waals surface area contributed by atoms with Crippen LogP contribution in [0.4, 0.5) is 5.95 Å². The van der Waals surface area contributed by atoms with Crippen molar-refractivity contribution in [1.29, 1.82) is 0 Å². The molecule has 1 N–H and O–H groups in total. The Balaban J connectivity index is 1.56. The lowest BCUT2D eigenvalue weighted by Crippen LogP contribution is -2.04. The van der Waals surface area contributed by atoms with Crippen LogP contribution in [0.25, 0.3) is 5.65 Å². The highest BCUT2D eigenvalue weighted by Gasteiger charge is 2.05. The minimum atomic E-state index is 0.671. The summed E-state index contributed by atoms with van der Waals surface area (Å²) >= 11 is 3.47. The van der Waals surface area contributed by atoms with Gasteiger partial charge in [-0.15, -0.1) is 5.10 Å². The first-order valence-electron chi connectivity index (χ1n) is 6.61. The molecule has 4 nitrogen and oxygen atoms in total. The summed E-state index contributed by atoms with van der Waals surface area (Å²) in [5.41, 5.74) is 2.19. The maximum atomic E-state index is 4.45. The molecule has 0 aliphatic rings. The third-order valence-electron chi connectivity index (χ3n) is 3.08. The van der Waals surface area contributed by atoms with Crippen molar-refractivity contribution in [3.05, 3.63) is 58.7 Å². The monoisotopic (exact) mass is 330 g/mol. The maximum absolute atomic E-state index is 4.45. The number of anilines is 1. The molecule has 2 aromatic heterocycles. The smallest absolute Gasteiger partial charge is 0.243 e. The molecule has 0 saturated heterocycles. The standard InChI is InChI=1S/C15H15BrN4/c16-13-9-5-11-20-14(13)18-15(19-20)17-10-4-8-12-6-2-1-3-7-12/h1-3,5-7,9,11H,4,8,10H2,(H,17,19). The zero-order valence-electron chi connectivity index (χ0n) is 11.0. The van der Waals surface area contributed by atoms with E-state index in [1.54, 1.807) is 4.52 Å². The molecule has 0 spiro atoms. The van der Waals surface area contributed by atoms with Crippen molar-refractivity contribution in [2.24, 2.45) is 0 Å². The van der Waals surface area contributed by atoms with Crippen LogP contribution in [0.15, 0.2) is 53.1 Å². The van der Waals surface area contributed by atoms with Crippen LogP contribution in [0.2, 0.25) is 0 Å². The Morgan fingerprint density at radius 2 is 1.95 bits per heavy atom. The van der Waals surface area contributed by atoms with Crippen molar-refractivity contribution in [3.8, 4) is 0 Å². The minimum Gasteiger partial charge on any atom is -0.353 e. The number of aryl methyl sites for hydroxylation is 1. The lowest BCUT2D eigenvalue weighted by atomic mass is 10.1. The van der Waals surface area contributed by atoms with E-state index in [1.165, 1.54) is 5.56 Å². The molecule has 5 heteroatoms. The number of pyridine rings is 1. The first-order chi connectivity index (χ1) is 9.83. The number of aromatic nitrogens is 3. The molecule has 0 unspecified atom stereocenters. The number of benzene rings is 1. The highest BCUT2D eigenvalue weighted by atomic mass is 79.9. The topological polar surface area (TPSA) is 42.2 Å². The van der Waals surface area contributed by atoms with Gasteiger partial charge in [0.2, 0.25) is 5.95 Å². The fourth-order valence-corrected chi connectivity index (χ4v) is 2.51. The first-order valence-corrected chi connectivity index (χ1v) is 7.41. The summed E-state index contributed by atoms with van der Waals surface area (Å²) in [4.78, 5) is 4.45. The van der Waals surface area contributed by atoms with Crippen LogP contribution >= 0.6 is 15.9 Å². The van der Waals surface area contributed by atoms with Crippen molar-refractivity contribution in [2.75, 3.05) is 11.9 Å². The summed E-state index contributed by atoms with van der Waals surface area (Å²) in [6.45, 7) is 0.864. The second kappa shape index (κ2) is 6.05. The van der Waals surface area contributed by atoms with Gasteiger partial charge in [0.15, 0.2) is 5.65 Å². The van der Waals surface area contributed by atoms with Crippen LogP contribution in [-0.4, -0.2) is 21.1 Å². The summed E-state index contributed by atoms with van der Waals surface area (Å²) in [7, 11) is 0. The van der Waals surface area contributed by atoms with Crippen molar-refractivity contribution < 1.29 is 0 Å². The summed E-state index contributed by atoms with van der Waals surface area (Å²) < 4.78 is 2.72. The molecule has 3 rings (SSSR count). The van der Waals surface area contributed by atoms with Crippen LogP contribution in [-0.2, 0) is 6.42 Å². The highest BCUT2D eigenvalue weighted by molar-refractivity contribution is 9.10. The van der Waals surface area contributed by atoms with Crippen LogP contribution in [0, 0.1) is 0 Å². The summed E-state index contributed by atoms with van der Waals surface area (Å²) in [6, 6.07) is 14.4. The third-order valence-corrected chi connectivity index (χ3v) is 3.70. The van der Waals surface area contributed by atoms with Gasteiger partial charge in [-0.2, -0.15) is 4.98 Å². The molecule has 0 saturated carbocycles. The fraction of sp³-hybridized carbons (Fsp3) is 0.200. The van der Waals surface area contributed by atoms with Gasteiger partial charge in [0.1, 0.15) is 0 Å². The normalized spacial score (nSPS) is 10.8. The Hall–Kier alpha value is -1.88. The summed E-state index contributed by atoms with van der Waals surface area (Å²) in [5.74, 6) is 0.671. The zero-order chi connectivity index (χ0) is 13.8.